The summed E-state index contributed by atoms with van der Waals surface area (Å²) in [5.74, 6) is 0.367. The first-order valence-electron chi connectivity index (χ1n) is 8.72. The zero-order chi connectivity index (χ0) is 20.3. The quantitative estimate of drug-likeness (QED) is 0.435. The maximum Gasteiger partial charge on any atom is 0.221 e. The summed E-state index contributed by atoms with van der Waals surface area (Å²) in [4.78, 5) is 22.2. The summed E-state index contributed by atoms with van der Waals surface area (Å²) in [6.07, 6.45) is 0.646. The first-order chi connectivity index (χ1) is 13.4. The summed E-state index contributed by atoms with van der Waals surface area (Å²) >= 11 is 0. The van der Waals surface area contributed by atoms with Crippen LogP contribution in [0.2, 0.25) is 0 Å². The normalized spacial score (nSPS) is 19.2. The SMILES string of the molecule is CC1=N/C(=N/O)C(=N)C(N)=C1Cc1ccc(C#N)c(N2CCNC(=O)CC2)n1. The number of amidine groups is 1. The van der Waals surface area contributed by atoms with Crippen molar-refractivity contribution in [2.24, 2.45) is 15.9 Å². The number of carbonyl (C=O) groups is 1. The lowest BCUT2D eigenvalue weighted by molar-refractivity contribution is -0.120. The Balaban J connectivity index is 1.93. The molecule has 1 amide bonds. The van der Waals surface area contributed by atoms with E-state index in [0.717, 1.165) is 0 Å². The highest BCUT2D eigenvalue weighted by molar-refractivity contribution is 6.50. The van der Waals surface area contributed by atoms with Crippen LogP contribution >= 0.6 is 0 Å². The Morgan fingerprint density at radius 3 is 2.96 bits per heavy atom. The lowest BCUT2D eigenvalue weighted by Gasteiger charge is -2.23. The Morgan fingerprint density at radius 2 is 2.25 bits per heavy atom. The number of nitriles is 1. The molecule has 144 valence electrons. The van der Waals surface area contributed by atoms with Gasteiger partial charge in [0.05, 0.1) is 11.3 Å². The molecule has 0 atom stereocenters. The van der Waals surface area contributed by atoms with Gasteiger partial charge in [0.25, 0.3) is 0 Å². The van der Waals surface area contributed by atoms with Crippen LogP contribution in [-0.4, -0.2) is 53.0 Å². The van der Waals surface area contributed by atoms with Gasteiger partial charge in [0.2, 0.25) is 11.7 Å². The second-order valence-electron chi connectivity index (χ2n) is 6.44. The van der Waals surface area contributed by atoms with Crippen LogP contribution < -0.4 is 16.0 Å². The van der Waals surface area contributed by atoms with E-state index in [1.807, 2.05) is 4.90 Å². The van der Waals surface area contributed by atoms with Crippen molar-refractivity contribution in [1.29, 1.82) is 10.7 Å². The van der Waals surface area contributed by atoms with Gasteiger partial charge in [-0.15, -0.1) is 0 Å². The molecule has 0 aromatic carbocycles. The average Bonchev–Trinajstić information content (AvgIpc) is 2.92. The van der Waals surface area contributed by atoms with E-state index >= 15 is 0 Å². The first kappa shape index (κ1) is 19.0. The molecule has 1 fully saturated rings. The lowest BCUT2D eigenvalue weighted by atomic mass is 9.97. The van der Waals surface area contributed by atoms with Gasteiger partial charge in [-0.05, 0) is 19.1 Å². The van der Waals surface area contributed by atoms with E-state index in [2.05, 4.69) is 26.5 Å². The third-order valence-corrected chi connectivity index (χ3v) is 4.65. The Labute approximate surface area is 161 Å². The molecule has 3 heterocycles. The highest BCUT2D eigenvalue weighted by atomic mass is 16.4. The summed E-state index contributed by atoms with van der Waals surface area (Å²) < 4.78 is 0. The van der Waals surface area contributed by atoms with Crippen molar-refractivity contribution in [2.75, 3.05) is 24.5 Å². The summed E-state index contributed by atoms with van der Waals surface area (Å²) in [6.45, 7) is 3.24. The van der Waals surface area contributed by atoms with E-state index in [1.54, 1.807) is 19.1 Å². The fourth-order valence-corrected chi connectivity index (χ4v) is 3.12. The summed E-state index contributed by atoms with van der Waals surface area (Å²) in [7, 11) is 0. The smallest absolute Gasteiger partial charge is 0.221 e. The number of aliphatic imine (C=N–C) groups is 1. The zero-order valence-corrected chi connectivity index (χ0v) is 15.4. The largest absolute Gasteiger partial charge is 0.409 e. The highest BCUT2D eigenvalue weighted by Crippen LogP contribution is 2.22. The number of amides is 1. The van der Waals surface area contributed by atoms with Crippen molar-refractivity contribution in [3.8, 4) is 6.07 Å². The molecule has 0 saturated carbocycles. The maximum absolute atomic E-state index is 11.6. The summed E-state index contributed by atoms with van der Waals surface area (Å²) in [6, 6.07) is 5.57. The Kier molecular flexibility index (Phi) is 5.35. The van der Waals surface area contributed by atoms with Crippen molar-refractivity contribution < 1.29 is 10.0 Å². The molecule has 0 unspecified atom stereocenters. The van der Waals surface area contributed by atoms with Crippen molar-refractivity contribution in [2.45, 2.75) is 19.8 Å². The maximum atomic E-state index is 11.6. The molecule has 2 aliphatic rings. The minimum Gasteiger partial charge on any atom is -0.409 e. The van der Waals surface area contributed by atoms with E-state index in [-0.39, 0.29) is 23.2 Å². The van der Waals surface area contributed by atoms with Gasteiger partial charge in [-0.3, -0.25) is 10.2 Å². The molecular weight excluding hydrogens is 360 g/mol. The molecule has 0 aliphatic carbocycles. The van der Waals surface area contributed by atoms with Gasteiger partial charge in [-0.1, -0.05) is 5.16 Å². The standard InChI is InChI=1S/C18H20N8O2/c1-10-13(15(20)16(21)17(23-10)25-28)8-12-3-2-11(9-19)18(24-12)26-6-4-14(27)22-5-7-26/h2-3,21,28H,4-8,20H2,1H3,(H,22,27)/b21-16?,25-17+. The number of nitrogens with two attached hydrogens (primary N) is 1. The number of dihydropyridines is 1. The number of aromatic nitrogens is 1. The van der Waals surface area contributed by atoms with E-state index in [4.69, 9.17) is 16.4 Å². The van der Waals surface area contributed by atoms with Gasteiger partial charge in [0.15, 0.2) is 0 Å². The number of allylic oxidation sites excluding steroid dienone is 1. The number of oxime groups is 1. The number of nitrogens with one attached hydrogen (secondary N) is 2. The third-order valence-electron chi connectivity index (χ3n) is 4.65. The second kappa shape index (κ2) is 7.87. The molecule has 1 saturated heterocycles. The molecular formula is C18H20N8O2. The minimum absolute atomic E-state index is 0.0241. The second-order valence-corrected chi connectivity index (χ2v) is 6.44. The number of nitrogens with zero attached hydrogens (tertiary/aromatic N) is 5. The fourth-order valence-electron chi connectivity index (χ4n) is 3.12. The summed E-state index contributed by atoms with van der Waals surface area (Å²) in [5.41, 5.74) is 8.32. The van der Waals surface area contributed by atoms with Crippen LogP contribution in [0.5, 0.6) is 0 Å². The number of rotatable bonds is 3. The third kappa shape index (κ3) is 3.68. The monoisotopic (exact) mass is 380 g/mol. The molecule has 2 aliphatic heterocycles. The predicted molar refractivity (Wildman–Crippen MR) is 104 cm³/mol. The van der Waals surface area contributed by atoms with Crippen molar-refractivity contribution in [3.05, 3.63) is 34.7 Å². The zero-order valence-electron chi connectivity index (χ0n) is 15.4. The molecule has 10 heteroatoms. The number of carbonyl (C=O) groups excluding carboxylic acids is 1. The fraction of sp³-hybridized carbons (Fsp3) is 0.333. The van der Waals surface area contributed by atoms with Crippen molar-refractivity contribution >= 4 is 29.0 Å². The Morgan fingerprint density at radius 1 is 1.46 bits per heavy atom. The van der Waals surface area contributed by atoms with Gasteiger partial charge < -0.3 is 21.2 Å². The molecule has 0 bridgehead atoms. The van der Waals surface area contributed by atoms with Gasteiger partial charge in [0, 0.05) is 49.5 Å². The number of hydrogen-bond acceptors (Lipinski definition) is 8. The topological polar surface area (TPSA) is 164 Å². The molecule has 1 aromatic rings. The highest BCUT2D eigenvalue weighted by Gasteiger charge is 2.24. The van der Waals surface area contributed by atoms with Gasteiger partial charge in [-0.25, -0.2) is 9.98 Å². The number of anilines is 1. The van der Waals surface area contributed by atoms with E-state index in [9.17, 15) is 10.1 Å². The Bertz CT molecular complexity index is 970. The van der Waals surface area contributed by atoms with Crippen LogP contribution in [0.4, 0.5) is 5.82 Å². The summed E-state index contributed by atoms with van der Waals surface area (Å²) in [5, 5.41) is 32.1. The average molecular weight is 380 g/mol. The number of hydrogen-bond donors (Lipinski definition) is 4. The van der Waals surface area contributed by atoms with Gasteiger partial charge in [0.1, 0.15) is 17.6 Å². The van der Waals surface area contributed by atoms with E-state index in [1.165, 1.54) is 0 Å². The van der Waals surface area contributed by atoms with E-state index in [0.29, 0.717) is 60.8 Å². The molecule has 3 rings (SSSR count). The van der Waals surface area contributed by atoms with E-state index < -0.39 is 0 Å². The van der Waals surface area contributed by atoms with Crippen LogP contribution in [-0.2, 0) is 11.2 Å². The van der Waals surface area contributed by atoms with Crippen LogP contribution in [0.1, 0.15) is 24.6 Å². The molecule has 0 radical (unpaired) electrons. The molecule has 28 heavy (non-hydrogen) atoms. The van der Waals surface area contributed by atoms with Gasteiger partial charge in [-0.2, -0.15) is 5.26 Å². The first-order valence-corrected chi connectivity index (χ1v) is 8.72. The van der Waals surface area contributed by atoms with Crippen LogP contribution in [0, 0.1) is 16.7 Å². The van der Waals surface area contributed by atoms with Crippen LogP contribution in [0.25, 0.3) is 0 Å². The molecule has 1 aromatic heterocycles. The minimum atomic E-state index is -0.144. The van der Waals surface area contributed by atoms with Crippen molar-refractivity contribution in [1.82, 2.24) is 10.3 Å². The van der Waals surface area contributed by atoms with Crippen LogP contribution in [0.15, 0.2) is 33.6 Å². The van der Waals surface area contributed by atoms with Crippen LogP contribution in [0.3, 0.4) is 0 Å². The van der Waals surface area contributed by atoms with Crippen molar-refractivity contribution in [3.63, 3.8) is 0 Å². The molecule has 10 nitrogen and oxygen atoms in total. The lowest BCUT2D eigenvalue weighted by Crippen LogP contribution is -2.30. The number of pyridine rings is 1. The Hall–Kier alpha value is -3.74. The van der Waals surface area contributed by atoms with Gasteiger partial charge >= 0.3 is 0 Å². The molecule has 5 N–H and O–H groups in total. The molecule has 0 spiro atoms. The predicted octanol–water partition coefficient (Wildman–Crippen LogP) is 0.317.